The van der Waals surface area contributed by atoms with Gasteiger partial charge < -0.3 is 18.3 Å². The fraction of sp³-hybridized carbons (Fsp3) is 1.00. The van der Waals surface area contributed by atoms with E-state index in [1.54, 1.807) is 14.2 Å². The molecule has 13 heavy (non-hydrogen) atoms. The third-order valence-electron chi connectivity index (χ3n) is 1.72. The maximum atomic E-state index is 5.50. The standard InChI is InChI=1S/C8H20O4Si/c1-6-11-8(3,12-7-2)13(9-4)10-5/h13H,6-7H2,1-5H3. The van der Waals surface area contributed by atoms with Crippen molar-refractivity contribution in [1.29, 1.82) is 0 Å². The molecule has 4 nitrogen and oxygen atoms in total. The first-order valence-electron chi connectivity index (χ1n) is 4.48. The fourth-order valence-electron chi connectivity index (χ4n) is 1.28. The molecule has 80 valence electrons. The number of hydrogen-bond acceptors (Lipinski definition) is 4. The molecule has 0 aromatic heterocycles. The van der Waals surface area contributed by atoms with Crippen molar-refractivity contribution >= 4 is 9.28 Å². The van der Waals surface area contributed by atoms with Crippen molar-refractivity contribution < 1.29 is 18.3 Å². The van der Waals surface area contributed by atoms with Gasteiger partial charge >= 0.3 is 9.28 Å². The summed E-state index contributed by atoms with van der Waals surface area (Å²) in [6, 6.07) is 0. The molecule has 0 aliphatic carbocycles. The normalized spacial score (nSPS) is 12.5. The van der Waals surface area contributed by atoms with Gasteiger partial charge in [0.2, 0.25) is 5.41 Å². The Hall–Kier alpha value is 0.0569. The molecule has 0 radical (unpaired) electrons. The van der Waals surface area contributed by atoms with Crippen LogP contribution in [0.1, 0.15) is 20.8 Å². The molecule has 0 aromatic carbocycles. The smallest absolute Gasteiger partial charge is 0.383 e. The molecule has 0 atom stereocenters. The minimum atomic E-state index is -1.90. The molecule has 0 saturated carbocycles. The summed E-state index contributed by atoms with van der Waals surface area (Å²) in [5.74, 6) is 0. The molecule has 0 spiro atoms. The summed E-state index contributed by atoms with van der Waals surface area (Å²) in [5, 5.41) is 0. The summed E-state index contributed by atoms with van der Waals surface area (Å²) in [5.41, 5.74) is -0.687. The molecule has 0 N–H and O–H groups in total. The van der Waals surface area contributed by atoms with Crippen LogP contribution < -0.4 is 0 Å². The summed E-state index contributed by atoms with van der Waals surface area (Å²) in [4.78, 5) is 0. The van der Waals surface area contributed by atoms with Gasteiger partial charge in [0, 0.05) is 27.4 Å². The van der Waals surface area contributed by atoms with Crippen molar-refractivity contribution in [2.24, 2.45) is 0 Å². The maximum Gasteiger partial charge on any atom is 0.383 e. The van der Waals surface area contributed by atoms with Gasteiger partial charge in [0.15, 0.2) is 0 Å². The first-order chi connectivity index (χ1) is 6.14. The van der Waals surface area contributed by atoms with E-state index < -0.39 is 14.7 Å². The Labute approximate surface area is 82.0 Å². The predicted molar refractivity (Wildman–Crippen MR) is 52.8 cm³/mol. The van der Waals surface area contributed by atoms with Crippen molar-refractivity contribution in [3.05, 3.63) is 0 Å². The quantitative estimate of drug-likeness (QED) is 0.459. The van der Waals surface area contributed by atoms with Crippen LogP contribution in [0.5, 0.6) is 0 Å². The zero-order valence-corrected chi connectivity index (χ0v) is 10.3. The lowest BCUT2D eigenvalue weighted by Crippen LogP contribution is -2.51. The highest BCUT2D eigenvalue weighted by atomic mass is 28.3. The van der Waals surface area contributed by atoms with Crippen molar-refractivity contribution in [2.75, 3.05) is 27.4 Å². The first kappa shape index (κ1) is 13.1. The van der Waals surface area contributed by atoms with Crippen LogP contribution in [0.15, 0.2) is 0 Å². The first-order valence-corrected chi connectivity index (χ1v) is 6.00. The molecule has 0 unspecified atom stereocenters. The van der Waals surface area contributed by atoms with E-state index in [9.17, 15) is 0 Å². The van der Waals surface area contributed by atoms with Crippen LogP contribution >= 0.6 is 0 Å². The molecule has 0 amide bonds. The van der Waals surface area contributed by atoms with E-state index in [0.717, 1.165) is 0 Å². The van der Waals surface area contributed by atoms with Gasteiger partial charge in [-0.3, -0.25) is 0 Å². The second kappa shape index (κ2) is 6.50. The van der Waals surface area contributed by atoms with Crippen LogP contribution in [0.3, 0.4) is 0 Å². The summed E-state index contributed by atoms with van der Waals surface area (Å²) in [6.45, 7) is 6.89. The van der Waals surface area contributed by atoms with Crippen molar-refractivity contribution in [3.63, 3.8) is 0 Å². The molecule has 0 rings (SSSR count). The largest absolute Gasteiger partial charge is 0.397 e. The lowest BCUT2D eigenvalue weighted by molar-refractivity contribution is -0.182. The Balaban J connectivity index is 4.33. The van der Waals surface area contributed by atoms with E-state index in [1.807, 2.05) is 20.8 Å². The third-order valence-corrected chi connectivity index (χ3v) is 3.76. The van der Waals surface area contributed by atoms with Crippen LogP contribution in [-0.4, -0.2) is 42.1 Å². The monoisotopic (exact) mass is 208 g/mol. The van der Waals surface area contributed by atoms with E-state index in [0.29, 0.717) is 13.2 Å². The Morgan fingerprint density at radius 1 is 1.00 bits per heavy atom. The molecule has 0 aliphatic rings. The average molecular weight is 208 g/mol. The van der Waals surface area contributed by atoms with Gasteiger partial charge in [0.1, 0.15) is 0 Å². The van der Waals surface area contributed by atoms with Crippen LogP contribution in [0.25, 0.3) is 0 Å². The van der Waals surface area contributed by atoms with Crippen molar-refractivity contribution in [1.82, 2.24) is 0 Å². The number of hydrogen-bond donors (Lipinski definition) is 0. The Kier molecular flexibility index (Phi) is 6.53. The number of rotatable bonds is 7. The summed E-state index contributed by atoms with van der Waals surface area (Å²) < 4.78 is 21.5. The fourth-order valence-corrected chi connectivity index (χ4v) is 2.93. The van der Waals surface area contributed by atoms with Crippen LogP contribution in [-0.2, 0) is 18.3 Å². The Morgan fingerprint density at radius 3 is 1.62 bits per heavy atom. The zero-order valence-electron chi connectivity index (χ0n) is 9.12. The minimum Gasteiger partial charge on any atom is -0.397 e. The minimum absolute atomic E-state index is 0.590. The predicted octanol–water partition coefficient (Wildman–Crippen LogP) is 0.828. The second-order valence-electron chi connectivity index (χ2n) is 2.69. The lowest BCUT2D eigenvalue weighted by atomic mass is 10.7. The SMILES string of the molecule is CCOC(C)(OCC)[SiH](OC)OC. The lowest BCUT2D eigenvalue weighted by Gasteiger charge is -2.32. The van der Waals surface area contributed by atoms with Crippen LogP contribution in [0.2, 0.25) is 0 Å². The van der Waals surface area contributed by atoms with Crippen molar-refractivity contribution in [3.8, 4) is 0 Å². The second-order valence-corrected chi connectivity index (χ2v) is 5.34. The number of ether oxygens (including phenoxy) is 2. The van der Waals surface area contributed by atoms with E-state index in [-0.39, 0.29) is 0 Å². The summed E-state index contributed by atoms with van der Waals surface area (Å²) in [7, 11) is 1.34. The molecule has 0 aliphatic heterocycles. The highest BCUT2D eigenvalue weighted by Gasteiger charge is 2.39. The molecular formula is C8H20O4Si. The van der Waals surface area contributed by atoms with Gasteiger partial charge in [0.25, 0.3) is 0 Å². The van der Waals surface area contributed by atoms with E-state index in [4.69, 9.17) is 18.3 Å². The van der Waals surface area contributed by atoms with Gasteiger partial charge in [-0.1, -0.05) is 0 Å². The van der Waals surface area contributed by atoms with E-state index >= 15 is 0 Å². The molecule has 5 heteroatoms. The van der Waals surface area contributed by atoms with E-state index in [2.05, 4.69) is 0 Å². The van der Waals surface area contributed by atoms with Gasteiger partial charge in [-0.15, -0.1) is 0 Å². The van der Waals surface area contributed by atoms with Crippen LogP contribution in [0.4, 0.5) is 0 Å². The molecule has 0 fully saturated rings. The molecule has 0 bridgehead atoms. The molecular weight excluding hydrogens is 188 g/mol. The highest BCUT2D eigenvalue weighted by molar-refractivity contribution is 6.47. The van der Waals surface area contributed by atoms with Gasteiger partial charge in [-0.2, -0.15) is 0 Å². The molecule has 0 heterocycles. The van der Waals surface area contributed by atoms with Crippen LogP contribution in [0, 0.1) is 0 Å². The van der Waals surface area contributed by atoms with Gasteiger partial charge in [-0.05, 0) is 20.8 Å². The van der Waals surface area contributed by atoms with Gasteiger partial charge in [-0.25, -0.2) is 0 Å². The topological polar surface area (TPSA) is 36.9 Å². The summed E-state index contributed by atoms with van der Waals surface area (Å²) in [6.07, 6.45) is 0. The molecule has 0 aromatic rings. The van der Waals surface area contributed by atoms with Gasteiger partial charge in [0.05, 0.1) is 0 Å². The molecule has 0 saturated heterocycles. The van der Waals surface area contributed by atoms with Crippen molar-refractivity contribution in [2.45, 2.75) is 26.2 Å². The third kappa shape index (κ3) is 3.74. The maximum absolute atomic E-state index is 5.50. The highest BCUT2D eigenvalue weighted by Crippen LogP contribution is 2.17. The van der Waals surface area contributed by atoms with E-state index in [1.165, 1.54) is 0 Å². The Morgan fingerprint density at radius 2 is 1.38 bits per heavy atom. The average Bonchev–Trinajstić information content (AvgIpc) is 2.07. The Bertz CT molecular complexity index is 121. The summed E-state index contributed by atoms with van der Waals surface area (Å²) >= 11 is 0. The zero-order chi connectivity index (χ0) is 10.3.